The van der Waals surface area contributed by atoms with Gasteiger partial charge in [-0.05, 0) is 12.8 Å². The van der Waals surface area contributed by atoms with Gasteiger partial charge in [-0.1, -0.05) is 51.4 Å². The monoisotopic (exact) mass is 227 g/mol. The molecule has 2 atom stereocenters. The van der Waals surface area contributed by atoms with Crippen LogP contribution < -0.4 is 5.73 Å². The summed E-state index contributed by atoms with van der Waals surface area (Å²) in [5, 5.41) is 9.13. The van der Waals surface area contributed by atoms with Gasteiger partial charge in [0.15, 0.2) is 0 Å². The Hall–Kier alpha value is -0.570. The van der Waals surface area contributed by atoms with E-state index in [0.29, 0.717) is 0 Å². The second-order valence-electron chi connectivity index (χ2n) is 5.01. The molecule has 1 fully saturated rings. The average molecular weight is 227 g/mol. The number of carboxylic acid groups (broad SMARTS) is 1. The van der Waals surface area contributed by atoms with Crippen LogP contribution in [-0.4, -0.2) is 17.1 Å². The van der Waals surface area contributed by atoms with Crippen molar-refractivity contribution in [1.29, 1.82) is 0 Å². The number of nitrogens with two attached hydrogens (primary N) is 1. The van der Waals surface area contributed by atoms with Crippen molar-refractivity contribution < 1.29 is 9.90 Å². The van der Waals surface area contributed by atoms with Crippen LogP contribution in [0, 0.1) is 5.92 Å². The Morgan fingerprint density at radius 3 is 1.81 bits per heavy atom. The minimum absolute atomic E-state index is 0.142. The summed E-state index contributed by atoms with van der Waals surface area (Å²) in [6.45, 7) is 0. The van der Waals surface area contributed by atoms with Crippen LogP contribution in [0.2, 0.25) is 0 Å². The molecule has 0 unspecified atom stereocenters. The lowest BCUT2D eigenvalue weighted by Gasteiger charge is -2.20. The van der Waals surface area contributed by atoms with E-state index < -0.39 is 5.97 Å². The van der Waals surface area contributed by atoms with E-state index in [4.69, 9.17) is 10.8 Å². The zero-order chi connectivity index (χ0) is 11.8. The van der Waals surface area contributed by atoms with Gasteiger partial charge in [-0.2, -0.15) is 0 Å². The van der Waals surface area contributed by atoms with Crippen LogP contribution in [0.1, 0.15) is 64.2 Å². The van der Waals surface area contributed by atoms with E-state index in [2.05, 4.69) is 0 Å². The van der Waals surface area contributed by atoms with Gasteiger partial charge in [0.25, 0.3) is 0 Å². The molecule has 3 heteroatoms. The molecule has 1 aliphatic rings. The molecule has 0 aromatic heterocycles. The molecule has 0 spiro atoms. The normalized spacial score (nSPS) is 30.1. The highest BCUT2D eigenvalue weighted by atomic mass is 16.4. The van der Waals surface area contributed by atoms with Crippen LogP contribution >= 0.6 is 0 Å². The summed E-state index contributed by atoms with van der Waals surface area (Å²) < 4.78 is 0. The van der Waals surface area contributed by atoms with E-state index in [1.54, 1.807) is 0 Å². The smallest absolute Gasteiger partial charge is 0.308 e. The van der Waals surface area contributed by atoms with Crippen molar-refractivity contribution in [3.63, 3.8) is 0 Å². The minimum atomic E-state index is -0.704. The molecular weight excluding hydrogens is 202 g/mol. The maximum Gasteiger partial charge on any atom is 0.308 e. The highest BCUT2D eigenvalue weighted by molar-refractivity contribution is 5.70. The first kappa shape index (κ1) is 13.5. The summed E-state index contributed by atoms with van der Waals surface area (Å²) in [7, 11) is 0. The van der Waals surface area contributed by atoms with Gasteiger partial charge in [-0.3, -0.25) is 4.79 Å². The van der Waals surface area contributed by atoms with Gasteiger partial charge in [0.1, 0.15) is 0 Å². The number of rotatable bonds is 1. The quantitative estimate of drug-likeness (QED) is 0.724. The average Bonchev–Trinajstić information content (AvgIpc) is 2.22. The Balaban J connectivity index is 2.43. The lowest BCUT2D eigenvalue weighted by atomic mass is 9.89. The van der Waals surface area contributed by atoms with Crippen molar-refractivity contribution in [2.45, 2.75) is 70.3 Å². The first-order valence-electron chi connectivity index (χ1n) is 6.70. The molecule has 1 saturated carbocycles. The second-order valence-corrected chi connectivity index (χ2v) is 5.01. The van der Waals surface area contributed by atoms with Gasteiger partial charge in [0.05, 0.1) is 5.92 Å². The zero-order valence-electron chi connectivity index (χ0n) is 10.2. The first-order chi connectivity index (χ1) is 7.72. The summed E-state index contributed by atoms with van der Waals surface area (Å²) >= 11 is 0. The molecular formula is C13H25NO2. The third-order valence-electron chi connectivity index (χ3n) is 3.64. The van der Waals surface area contributed by atoms with Crippen LogP contribution in [0.3, 0.4) is 0 Å². The third kappa shape index (κ3) is 4.97. The summed E-state index contributed by atoms with van der Waals surface area (Å²) in [4.78, 5) is 11.1. The Bertz CT molecular complexity index is 206. The van der Waals surface area contributed by atoms with Gasteiger partial charge in [0.2, 0.25) is 0 Å². The summed E-state index contributed by atoms with van der Waals surface area (Å²) in [5.74, 6) is -1.02. The van der Waals surface area contributed by atoms with Crippen molar-refractivity contribution >= 4 is 5.97 Å². The molecule has 1 rings (SSSR count). The predicted octanol–water partition coefficient (Wildman–Crippen LogP) is 2.93. The molecule has 0 aromatic carbocycles. The van der Waals surface area contributed by atoms with E-state index in [9.17, 15) is 4.79 Å². The van der Waals surface area contributed by atoms with Crippen LogP contribution in [0.4, 0.5) is 0 Å². The predicted molar refractivity (Wildman–Crippen MR) is 65.3 cm³/mol. The van der Waals surface area contributed by atoms with Crippen molar-refractivity contribution in [3.05, 3.63) is 0 Å². The number of hydrogen-bond acceptors (Lipinski definition) is 2. The minimum Gasteiger partial charge on any atom is -0.481 e. The standard InChI is InChI=1S/C13H25NO2/c14-12-10-8-6-4-2-1-3-5-7-9-11(12)13(15)16/h11-12H,1-10,14H2,(H,15,16)/t11-,12-/m0/s1. The van der Waals surface area contributed by atoms with E-state index in [0.717, 1.165) is 32.1 Å². The van der Waals surface area contributed by atoms with Crippen molar-refractivity contribution in [3.8, 4) is 0 Å². The van der Waals surface area contributed by atoms with Gasteiger partial charge in [-0.25, -0.2) is 0 Å². The summed E-state index contributed by atoms with van der Waals surface area (Å²) in [6.07, 6.45) is 11.3. The van der Waals surface area contributed by atoms with Crippen LogP contribution in [-0.2, 0) is 4.79 Å². The van der Waals surface area contributed by atoms with Crippen molar-refractivity contribution in [2.24, 2.45) is 11.7 Å². The van der Waals surface area contributed by atoms with Crippen molar-refractivity contribution in [2.75, 3.05) is 0 Å². The Morgan fingerprint density at radius 1 is 0.875 bits per heavy atom. The van der Waals surface area contributed by atoms with Crippen LogP contribution in [0.25, 0.3) is 0 Å². The molecule has 3 nitrogen and oxygen atoms in total. The van der Waals surface area contributed by atoms with Crippen LogP contribution in [0.5, 0.6) is 0 Å². The molecule has 0 radical (unpaired) electrons. The highest BCUT2D eigenvalue weighted by Gasteiger charge is 2.24. The molecule has 0 heterocycles. The van der Waals surface area contributed by atoms with Crippen molar-refractivity contribution in [1.82, 2.24) is 0 Å². The lowest BCUT2D eigenvalue weighted by Crippen LogP contribution is -2.35. The lowest BCUT2D eigenvalue weighted by molar-refractivity contribution is -0.142. The molecule has 0 amide bonds. The Kier molecular flexibility index (Phi) is 6.46. The largest absolute Gasteiger partial charge is 0.481 e. The number of carboxylic acids is 1. The fourth-order valence-electron chi connectivity index (χ4n) is 2.53. The van der Waals surface area contributed by atoms with Gasteiger partial charge in [0, 0.05) is 6.04 Å². The Morgan fingerprint density at radius 2 is 1.31 bits per heavy atom. The molecule has 0 aliphatic heterocycles. The maximum atomic E-state index is 11.1. The summed E-state index contributed by atoms with van der Waals surface area (Å²) in [6, 6.07) is -0.142. The van der Waals surface area contributed by atoms with E-state index in [-0.39, 0.29) is 12.0 Å². The fourth-order valence-corrected chi connectivity index (χ4v) is 2.53. The summed E-state index contributed by atoms with van der Waals surface area (Å²) in [5.41, 5.74) is 5.98. The fraction of sp³-hybridized carbons (Fsp3) is 0.923. The van der Waals surface area contributed by atoms with Gasteiger partial charge in [-0.15, -0.1) is 0 Å². The Labute approximate surface area is 98.4 Å². The van der Waals surface area contributed by atoms with E-state index >= 15 is 0 Å². The maximum absolute atomic E-state index is 11.1. The molecule has 0 aromatic rings. The van der Waals surface area contributed by atoms with Crippen LogP contribution in [0.15, 0.2) is 0 Å². The number of hydrogen-bond donors (Lipinski definition) is 2. The van der Waals surface area contributed by atoms with E-state index in [1.165, 1.54) is 32.1 Å². The molecule has 16 heavy (non-hydrogen) atoms. The topological polar surface area (TPSA) is 63.3 Å². The number of carbonyl (C=O) groups is 1. The molecule has 94 valence electrons. The zero-order valence-corrected chi connectivity index (χ0v) is 10.2. The SMILES string of the molecule is N[C@H]1CCCCCCCCCC[C@@H]1C(=O)O. The highest BCUT2D eigenvalue weighted by Crippen LogP contribution is 2.20. The van der Waals surface area contributed by atoms with Gasteiger partial charge < -0.3 is 10.8 Å². The molecule has 0 saturated heterocycles. The molecule has 3 N–H and O–H groups in total. The third-order valence-corrected chi connectivity index (χ3v) is 3.64. The molecule has 1 aliphatic carbocycles. The van der Waals surface area contributed by atoms with Gasteiger partial charge >= 0.3 is 5.97 Å². The first-order valence-corrected chi connectivity index (χ1v) is 6.70. The van der Waals surface area contributed by atoms with E-state index in [1.807, 2.05) is 0 Å². The number of aliphatic carboxylic acids is 1. The second kappa shape index (κ2) is 7.66. The molecule has 0 bridgehead atoms.